The van der Waals surface area contributed by atoms with Crippen LogP contribution in [0.1, 0.15) is 38.3 Å². The van der Waals surface area contributed by atoms with Crippen LogP contribution in [0, 0.1) is 11.8 Å². The zero-order chi connectivity index (χ0) is 25.8. The Kier molecular flexibility index (Phi) is 7.48. The lowest BCUT2D eigenvalue weighted by Crippen LogP contribution is -2.49. The fraction of sp³-hybridized carbons (Fsp3) is 0.519. The number of nitrogens with two attached hydrogens (primary N) is 1. The van der Waals surface area contributed by atoms with E-state index in [-0.39, 0.29) is 17.7 Å². The molecule has 3 aliphatic rings. The minimum atomic E-state index is -0.727. The van der Waals surface area contributed by atoms with E-state index in [1.165, 1.54) is 0 Å². The molecule has 0 aliphatic carbocycles. The summed E-state index contributed by atoms with van der Waals surface area (Å²) in [4.78, 5) is 36.6. The molecular weight excluding hydrogens is 468 g/mol. The van der Waals surface area contributed by atoms with Crippen molar-refractivity contribution < 1.29 is 9.63 Å². The van der Waals surface area contributed by atoms with E-state index in [2.05, 4.69) is 25.3 Å². The number of benzene rings is 1. The van der Waals surface area contributed by atoms with Crippen LogP contribution in [0.25, 0.3) is 11.0 Å². The van der Waals surface area contributed by atoms with Crippen LogP contribution >= 0.6 is 0 Å². The highest BCUT2D eigenvalue weighted by Crippen LogP contribution is 2.27. The minimum absolute atomic E-state index is 0.0886. The molecule has 1 amide bonds. The number of aliphatic imine (C=N–C) groups is 1. The number of likely N-dealkylation sites (tertiary alicyclic amines) is 2. The first-order valence-corrected chi connectivity index (χ1v) is 13.1. The number of carbonyl (C=O) groups excluding carboxylic acids is 1. The van der Waals surface area contributed by atoms with E-state index < -0.39 is 5.79 Å². The van der Waals surface area contributed by atoms with E-state index >= 15 is 0 Å². The van der Waals surface area contributed by atoms with Gasteiger partial charge in [0.1, 0.15) is 18.5 Å². The van der Waals surface area contributed by atoms with E-state index in [0.717, 1.165) is 86.4 Å². The van der Waals surface area contributed by atoms with Crippen molar-refractivity contribution in [2.75, 3.05) is 39.8 Å². The molecular formula is C27H36N8O2. The second kappa shape index (κ2) is 10.9. The van der Waals surface area contributed by atoms with E-state index in [4.69, 9.17) is 15.6 Å². The van der Waals surface area contributed by atoms with Crippen LogP contribution < -0.4 is 11.1 Å². The summed E-state index contributed by atoms with van der Waals surface area (Å²) in [6.45, 7) is 5.91. The predicted octanol–water partition coefficient (Wildman–Crippen LogP) is 2.12. The van der Waals surface area contributed by atoms with Crippen LogP contribution in [0.15, 0.2) is 52.4 Å². The molecule has 0 spiro atoms. The molecule has 1 atom stereocenters. The zero-order valence-corrected chi connectivity index (χ0v) is 21.6. The molecule has 10 nitrogen and oxygen atoms in total. The van der Waals surface area contributed by atoms with Crippen molar-refractivity contribution in [1.29, 1.82) is 0 Å². The molecule has 196 valence electrons. The Morgan fingerprint density at radius 3 is 2.51 bits per heavy atom. The Labute approximate surface area is 217 Å². The molecule has 2 saturated heterocycles. The van der Waals surface area contributed by atoms with Gasteiger partial charge in [-0.3, -0.25) is 25.4 Å². The summed E-state index contributed by atoms with van der Waals surface area (Å²) in [5.41, 5.74) is 10.3. The van der Waals surface area contributed by atoms with Gasteiger partial charge in [-0.1, -0.05) is 17.3 Å². The fourth-order valence-electron chi connectivity index (χ4n) is 5.35. The minimum Gasteiger partial charge on any atom is -0.399 e. The second-order valence-corrected chi connectivity index (χ2v) is 10.3. The summed E-state index contributed by atoms with van der Waals surface area (Å²) in [6, 6.07) is 7.81. The van der Waals surface area contributed by atoms with Crippen LogP contribution in [-0.4, -0.2) is 83.2 Å². The number of para-hydroxylation sites is 2. The van der Waals surface area contributed by atoms with Crippen LogP contribution in [0.4, 0.5) is 0 Å². The lowest BCUT2D eigenvalue weighted by atomic mass is 9.88. The first kappa shape index (κ1) is 25.3. The SMILES string of the molecule is CO/N=C(\c1cnc2ccccc2n1)C1CCN(C(=O)C2CCN(CC3=CNC(C)(N)N=C3)CC2)CC1. The van der Waals surface area contributed by atoms with Gasteiger partial charge in [0.25, 0.3) is 0 Å². The van der Waals surface area contributed by atoms with Crippen molar-refractivity contribution in [1.82, 2.24) is 25.1 Å². The quantitative estimate of drug-likeness (QED) is 0.457. The van der Waals surface area contributed by atoms with Crippen molar-refractivity contribution in [3.05, 3.63) is 47.9 Å². The molecule has 3 N–H and O–H groups in total. The van der Waals surface area contributed by atoms with Gasteiger partial charge in [-0.15, -0.1) is 0 Å². The summed E-state index contributed by atoms with van der Waals surface area (Å²) in [6.07, 6.45) is 9.00. The average Bonchev–Trinajstić information content (AvgIpc) is 2.93. The third-order valence-electron chi connectivity index (χ3n) is 7.49. The van der Waals surface area contributed by atoms with Crippen LogP contribution in [-0.2, 0) is 9.63 Å². The molecule has 0 radical (unpaired) electrons. The number of hydrogen-bond acceptors (Lipinski definition) is 9. The number of carbonyl (C=O) groups is 1. The number of amides is 1. The number of fused-ring (bicyclic) bond motifs is 1. The van der Waals surface area contributed by atoms with Gasteiger partial charge in [-0.2, -0.15) is 0 Å². The topological polar surface area (TPSA) is 121 Å². The molecule has 2 aromatic rings. The van der Waals surface area contributed by atoms with Gasteiger partial charge in [0.15, 0.2) is 5.79 Å². The third-order valence-corrected chi connectivity index (χ3v) is 7.49. The number of nitrogens with one attached hydrogen (secondary N) is 1. The van der Waals surface area contributed by atoms with E-state index in [1.54, 1.807) is 13.3 Å². The number of hydrogen-bond donors (Lipinski definition) is 2. The lowest BCUT2D eigenvalue weighted by molar-refractivity contribution is -0.138. The predicted molar refractivity (Wildman–Crippen MR) is 144 cm³/mol. The molecule has 2 fully saturated rings. The van der Waals surface area contributed by atoms with Crippen LogP contribution in [0.5, 0.6) is 0 Å². The molecule has 3 aliphatic heterocycles. The summed E-state index contributed by atoms with van der Waals surface area (Å²) in [7, 11) is 1.56. The van der Waals surface area contributed by atoms with Crippen molar-refractivity contribution >= 4 is 28.9 Å². The number of rotatable bonds is 6. The Hall–Kier alpha value is -3.37. The first-order chi connectivity index (χ1) is 17.9. The molecule has 0 bridgehead atoms. The highest BCUT2D eigenvalue weighted by atomic mass is 16.6. The summed E-state index contributed by atoms with van der Waals surface area (Å²) in [5.74, 6) is -0.176. The monoisotopic (exact) mass is 504 g/mol. The van der Waals surface area contributed by atoms with Gasteiger partial charge in [0, 0.05) is 43.9 Å². The Bertz CT molecular complexity index is 1210. The Morgan fingerprint density at radius 2 is 1.84 bits per heavy atom. The van der Waals surface area contributed by atoms with Crippen molar-refractivity contribution in [2.24, 2.45) is 27.7 Å². The van der Waals surface area contributed by atoms with E-state index in [9.17, 15) is 4.79 Å². The second-order valence-electron chi connectivity index (χ2n) is 10.3. The van der Waals surface area contributed by atoms with Gasteiger partial charge >= 0.3 is 0 Å². The lowest BCUT2D eigenvalue weighted by Gasteiger charge is -2.37. The highest BCUT2D eigenvalue weighted by Gasteiger charge is 2.33. The molecule has 1 aromatic carbocycles. The summed E-state index contributed by atoms with van der Waals surface area (Å²) in [5, 5.41) is 7.44. The number of aromatic nitrogens is 2. The van der Waals surface area contributed by atoms with E-state index in [1.807, 2.05) is 48.5 Å². The third kappa shape index (κ3) is 5.97. The standard InChI is InChI=1S/C27H36N8O2/c1-27(28)30-15-19(16-31-27)18-34-11-7-21(8-12-34)26(36)35-13-9-20(10-14-35)25(33-37-2)24-17-29-22-5-3-4-6-23(22)32-24/h3-6,15-17,20-21,30H,7-14,18,28H2,1-2H3/b33-25-. The highest BCUT2D eigenvalue weighted by molar-refractivity contribution is 6.01. The average molecular weight is 505 g/mol. The molecule has 1 unspecified atom stereocenters. The normalized spacial score (nSPS) is 24.1. The summed E-state index contributed by atoms with van der Waals surface area (Å²) >= 11 is 0. The largest absolute Gasteiger partial charge is 0.399 e. The zero-order valence-electron chi connectivity index (χ0n) is 21.6. The maximum absolute atomic E-state index is 13.3. The van der Waals surface area contributed by atoms with Crippen LogP contribution in [0.2, 0.25) is 0 Å². The van der Waals surface area contributed by atoms with Gasteiger partial charge in [0.2, 0.25) is 5.91 Å². The van der Waals surface area contributed by atoms with Gasteiger partial charge < -0.3 is 15.1 Å². The first-order valence-electron chi connectivity index (χ1n) is 13.1. The van der Waals surface area contributed by atoms with Crippen LogP contribution in [0.3, 0.4) is 0 Å². The molecule has 1 aromatic heterocycles. The molecule has 0 saturated carbocycles. The maximum atomic E-state index is 13.3. The van der Waals surface area contributed by atoms with Crippen molar-refractivity contribution in [3.63, 3.8) is 0 Å². The van der Waals surface area contributed by atoms with Crippen molar-refractivity contribution in [3.8, 4) is 0 Å². The smallest absolute Gasteiger partial charge is 0.225 e. The van der Waals surface area contributed by atoms with Gasteiger partial charge in [0.05, 0.1) is 17.2 Å². The molecule has 5 rings (SSSR count). The number of piperidine rings is 2. The summed E-state index contributed by atoms with van der Waals surface area (Å²) < 4.78 is 0. The Balaban J connectivity index is 1.13. The molecule has 4 heterocycles. The molecule has 37 heavy (non-hydrogen) atoms. The van der Waals surface area contributed by atoms with Crippen molar-refractivity contribution in [2.45, 2.75) is 38.4 Å². The van der Waals surface area contributed by atoms with Gasteiger partial charge in [-0.05, 0) is 63.4 Å². The van der Waals surface area contributed by atoms with E-state index in [0.29, 0.717) is 0 Å². The fourth-order valence-corrected chi connectivity index (χ4v) is 5.35. The molecule has 10 heteroatoms. The number of oxime groups is 1. The number of nitrogens with zero attached hydrogens (tertiary/aromatic N) is 6. The maximum Gasteiger partial charge on any atom is 0.225 e. The Morgan fingerprint density at radius 1 is 1.14 bits per heavy atom. The van der Waals surface area contributed by atoms with Gasteiger partial charge in [-0.25, -0.2) is 4.98 Å².